The van der Waals surface area contributed by atoms with Crippen LogP contribution in [0.5, 0.6) is 0 Å². The number of nitrogens with zero attached hydrogens (tertiary/aromatic N) is 4. The summed E-state index contributed by atoms with van der Waals surface area (Å²) in [5.74, 6) is 0.983. The summed E-state index contributed by atoms with van der Waals surface area (Å²) in [5.41, 5.74) is 0.837. The SMILES string of the molecule is C[NH+](C)C1(c2nnnn2[C@@H](/C=C\c2ccc(Cl)cc2Cl)C(C)(C)C)CCCC1. The largest absolute Gasteiger partial charge is 0.329 e. The Labute approximate surface area is 177 Å². The van der Waals surface area contributed by atoms with Crippen LogP contribution in [0.15, 0.2) is 24.3 Å². The summed E-state index contributed by atoms with van der Waals surface area (Å²) < 4.78 is 2.03. The Morgan fingerprint density at radius 2 is 1.86 bits per heavy atom. The lowest BCUT2D eigenvalue weighted by Crippen LogP contribution is -3.13. The highest BCUT2D eigenvalue weighted by atomic mass is 35.5. The first kappa shape index (κ1) is 21.3. The lowest BCUT2D eigenvalue weighted by Gasteiger charge is -2.35. The molecule has 2 aromatic rings. The Morgan fingerprint density at radius 1 is 1.18 bits per heavy atom. The summed E-state index contributed by atoms with van der Waals surface area (Å²) >= 11 is 12.4. The van der Waals surface area contributed by atoms with Crippen LogP contribution in [0.2, 0.25) is 10.0 Å². The predicted molar refractivity (Wildman–Crippen MR) is 115 cm³/mol. The van der Waals surface area contributed by atoms with Crippen molar-refractivity contribution in [1.29, 1.82) is 0 Å². The van der Waals surface area contributed by atoms with Crippen molar-refractivity contribution in [2.45, 2.75) is 58.0 Å². The summed E-state index contributed by atoms with van der Waals surface area (Å²) in [6.07, 6.45) is 8.86. The molecule has 1 heterocycles. The minimum absolute atomic E-state index is 0.000990. The number of allylic oxidation sites excluding steroid dienone is 1. The van der Waals surface area contributed by atoms with Gasteiger partial charge in [0.25, 0.3) is 0 Å². The molecule has 3 rings (SSSR count). The summed E-state index contributed by atoms with van der Waals surface area (Å²) in [6.45, 7) is 6.63. The van der Waals surface area contributed by atoms with Crippen molar-refractivity contribution < 1.29 is 4.90 Å². The van der Waals surface area contributed by atoms with Gasteiger partial charge in [-0.2, -0.15) is 0 Å². The molecule has 0 unspecified atom stereocenters. The van der Waals surface area contributed by atoms with Crippen LogP contribution >= 0.6 is 23.2 Å². The van der Waals surface area contributed by atoms with E-state index in [-0.39, 0.29) is 17.0 Å². The van der Waals surface area contributed by atoms with E-state index >= 15 is 0 Å². The molecule has 7 heteroatoms. The van der Waals surface area contributed by atoms with Crippen LogP contribution in [0.4, 0.5) is 0 Å². The average Bonchev–Trinajstić information content (AvgIpc) is 3.25. The molecule has 0 saturated heterocycles. The number of hydrogen-bond acceptors (Lipinski definition) is 3. The van der Waals surface area contributed by atoms with Gasteiger partial charge in [-0.25, -0.2) is 4.68 Å². The third kappa shape index (κ3) is 4.12. The maximum absolute atomic E-state index is 6.36. The molecule has 1 atom stereocenters. The van der Waals surface area contributed by atoms with Gasteiger partial charge in [0.2, 0.25) is 5.82 Å². The molecule has 0 spiro atoms. The first-order valence-electron chi connectivity index (χ1n) is 9.87. The van der Waals surface area contributed by atoms with Gasteiger partial charge in [-0.05, 0) is 46.4 Å². The van der Waals surface area contributed by atoms with Gasteiger partial charge < -0.3 is 4.90 Å². The van der Waals surface area contributed by atoms with E-state index in [1.807, 2.05) is 22.9 Å². The van der Waals surface area contributed by atoms with Crippen LogP contribution in [0.25, 0.3) is 6.08 Å². The molecule has 1 aromatic heterocycles. The van der Waals surface area contributed by atoms with Gasteiger partial charge in [0.15, 0.2) is 5.54 Å². The fourth-order valence-electron chi connectivity index (χ4n) is 4.19. The van der Waals surface area contributed by atoms with E-state index in [4.69, 9.17) is 23.2 Å². The van der Waals surface area contributed by atoms with Crippen molar-refractivity contribution in [2.75, 3.05) is 14.1 Å². The maximum atomic E-state index is 6.36. The second-order valence-corrected chi connectivity index (χ2v) is 9.92. The van der Waals surface area contributed by atoms with Gasteiger partial charge in [0, 0.05) is 22.9 Å². The number of halogens is 2. The van der Waals surface area contributed by atoms with Crippen LogP contribution < -0.4 is 4.90 Å². The number of hydrogen-bond donors (Lipinski definition) is 1. The number of aromatic nitrogens is 4. The highest BCUT2D eigenvalue weighted by Crippen LogP contribution is 2.39. The number of benzene rings is 1. The van der Waals surface area contributed by atoms with E-state index in [1.54, 1.807) is 6.07 Å². The zero-order valence-electron chi connectivity index (χ0n) is 17.3. The average molecular weight is 423 g/mol. The molecule has 0 radical (unpaired) electrons. The summed E-state index contributed by atoms with van der Waals surface area (Å²) in [5, 5.41) is 14.3. The first-order chi connectivity index (χ1) is 13.1. The van der Waals surface area contributed by atoms with Crippen LogP contribution in [0.1, 0.15) is 63.9 Å². The second kappa shape index (κ2) is 8.13. The fourth-order valence-corrected chi connectivity index (χ4v) is 4.66. The third-order valence-corrected chi connectivity index (χ3v) is 6.47. The summed E-state index contributed by atoms with van der Waals surface area (Å²) in [7, 11) is 4.42. The highest BCUT2D eigenvalue weighted by Gasteiger charge is 2.47. The molecule has 28 heavy (non-hydrogen) atoms. The summed E-state index contributed by atoms with van der Waals surface area (Å²) in [6, 6.07) is 5.55. The van der Waals surface area contributed by atoms with Crippen LogP contribution in [-0.2, 0) is 5.54 Å². The lowest BCUT2D eigenvalue weighted by atomic mass is 9.85. The number of rotatable bonds is 5. The predicted octanol–water partition coefficient (Wildman–Crippen LogP) is 4.19. The molecule has 5 nitrogen and oxygen atoms in total. The number of tetrazole rings is 1. The Bertz CT molecular complexity index is 845. The molecule has 1 aliphatic rings. The number of nitrogens with one attached hydrogen (secondary N) is 1. The molecule has 1 fully saturated rings. The van der Waals surface area contributed by atoms with E-state index in [0.29, 0.717) is 10.0 Å². The Hall–Kier alpha value is -1.43. The van der Waals surface area contributed by atoms with E-state index in [2.05, 4.69) is 56.5 Å². The van der Waals surface area contributed by atoms with Crippen molar-refractivity contribution in [3.05, 3.63) is 45.7 Å². The molecule has 0 aliphatic heterocycles. The lowest BCUT2D eigenvalue weighted by molar-refractivity contribution is -0.924. The van der Waals surface area contributed by atoms with E-state index in [9.17, 15) is 0 Å². The minimum Gasteiger partial charge on any atom is -0.329 e. The normalized spacial score (nSPS) is 18.3. The molecule has 1 aliphatic carbocycles. The molecular formula is C21H30Cl2N5+. The smallest absolute Gasteiger partial charge is 0.213 e. The molecule has 1 saturated carbocycles. The third-order valence-electron chi connectivity index (χ3n) is 5.91. The van der Waals surface area contributed by atoms with Crippen molar-refractivity contribution >= 4 is 29.3 Å². The van der Waals surface area contributed by atoms with Gasteiger partial charge in [-0.15, -0.1) is 5.10 Å². The zero-order chi connectivity index (χ0) is 20.5. The van der Waals surface area contributed by atoms with Crippen LogP contribution in [0, 0.1) is 5.41 Å². The molecular weight excluding hydrogens is 393 g/mol. The summed E-state index contributed by atoms with van der Waals surface area (Å²) in [4.78, 5) is 1.39. The van der Waals surface area contributed by atoms with Crippen LogP contribution in [0.3, 0.4) is 0 Å². The monoisotopic (exact) mass is 422 g/mol. The Balaban J connectivity index is 2.03. The topological polar surface area (TPSA) is 48.0 Å². The van der Waals surface area contributed by atoms with Crippen molar-refractivity contribution in [2.24, 2.45) is 5.41 Å². The van der Waals surface area contributed by atoms with Crippen LogP contribution in [-0.4, -0.2) is 34.3 Å². The molecule has 152 valence electrons. The number of quaternary nitrogens is 1. The van der Waals surface area contributed by atoms with Crippen molar-refractivity contribution in [1.82, 2.24) is 20.2 Å². The van der Waals surface area contributed by atoms with Crippen molar-refractivity contribution in [3.63, 3.8) is 0 Å². The first-order valence-corrected chi connectivity index (χ1v) is 10.6. The van der Waals surface area contributed by atoms with Gasteiger partial charge in [0.05, 0.1) is 20.1 Å². The maximum Gasteiger partial charge on any atom is 0.213 e. The molecule has 0 bridgehead atoms. The van der Waals surface area contributed by atoms with Gasteiger partial charge in [-0.1, -0.05) is 62.2 Å². The quantitative estimate of drug-likeness (QED) is 0.785. The second-order valence-electron chi connectivity index (χ2n) is 9.07. The Morgan fingerprint density at radius 3 is 2.43 bits per heavy atom. The van der Waals surface area contributed by atoms with E-state index in [0.717, 1.165) is 24.2 Å². The van der Waals surface area contributed by atoms with Gasteiger partial charge in [0.1, 0.15) is 0 Å². The zero-order valence-corrected chi connectivity index (χ0v) is 18.8. The molecule has 1 N–H and O–H groups in total. The van der Waals surface area contributed by atoms with Gasteiger partial charge >= 0.3 is 0 Å². The fraction of sp³-hybridized carbons (Fsp3) is 0.571. The van der Waals surface area contributed by atoms with Gasteiger partial charge in [-0.3, -0.25) is 0 Å². The Kier molecular flexibility index (Phi) is 6.18. The highest BCUT2D eigenvalue weighted by molar-refractivity contribution is 6.35. The van der Waals surface area contributed by atoms with E-state index < -0.39 is 0 Å². The van der Waals surface area contributed by atoms with Crippen molar-refractivity contribution in [3.8, 4) is 0 Å². The van der Waals surface area contributed by atoms with E-state index in [1.165, 1.54) is 17.7 Å². The standard InChI is InChI=1S/C21H29Cl2N5/c1-20(2,3)18(11-9-15-8-10-16(22)14-17(15)23)28-19(24-25-26-28)21(27(4)5)12-6-7-13-21/h8-11,14,18H,6-7,12-13H2,1-5H3/p+1/b11-9-/t18-/m0/s1. The molecule has 1 aromatic carbocycles. The minimum atomic E-state index is -0.0685. The molecule has 0 amide bonds.